The van der Waals surface area contributed by atoms with Crippen molar-refractivity contribution in [3.8, 4) is 0 Å². The Morgan fingerprint density at radius 1 is 1.42 bits per heavy atom. The number of nitrogens with two attached hydrogens (primary N) is 1. The van der Waals surface area contributed by atoms with Crippen LogP contribution in [0.4, 0.5) is 0 Å². The third kappa shape index (κ3) is 3.21. The minimum atomic E-state index is -0.498. The van der Waals surface area contributed by atoms with Gasteiger partial charge in [0.25, 0.3) is 5.91 Å². The minimum Gasteiger partial charge on any atom is -0.366 e. The van der Waals surface area contributed by atoms with Crippen LogP contribution in [0.15, 0.2) is 23.8 Å². The van der Waals surface area contributed by atoms with E-state index in [9.17, 15) is 9.59 Å². The van der Waals surface area contributed by atoms with Crippen LogP contribution in [0.2, 0.25) is 0 Å². The van der Waals surface area contributed by atoms with Crippen molar-refractivity contribution in [2.45, 2.75) is 38.6 Å². The molecule has 1 aliphatic rings. The molecule has 0 bridgehead atoms. The average molecular weight is 346 g/mol. The van der Waals surface area contributed by atoms with E-state index in [0.29, 0.717) is 22.9 Å². The van der Waals surface area contributed by atoms with Crippen molar-refractivity contribution in [1.29, 1.82) is 0 Å². The van der Waals surface area contributed by atoms with E-state index in [2.05, 4.69) is 23.4 Å². The smallest absolute Gasteiger partial charge is 0.264 e. The lowest BCUT2D eigenvalue weighted by molar-refractivity contribution is 0.0682. The fraction of sp³-hybridized carbons (Fsp3) is 0.471. The molecular formula is C17H22N4O2S. The van der Waals surface area contributed by atoms with Gasteiger partial charge in [0.1, 0.15) is 5.82 Å². The van der Waals surface area contributed by atoms with E-state index in [0.717, 1.165) is 25.2 Å². The van der Waals surface area contributed by atoms with E-state index in [1.165, 1.54) is 11.3 Å². The van der Waals surface area contributed by atoms with Crippen molar-refractivity contribution in [3.63, 3.8) is 0 Å². The van der Waals surface area contributed by atoms with Gasteiger partial charge < -0.3 is 15.2 Å². The Labute approximate surface area is 145 Å². The fourth-order valence-electron chi connectivity index (χ4n) is 3.18. The van der Waals surface area contributed by atoms with Gasteiger partial charge in [0.2, 0.25) is 5.91 Å². The SMILES string of the molecule is CC(C)c1nccn1[C@@H]1CCCN(C(=O)c2cc(C(N)=O)cs2)C1. The zero-order valence-corrected chi connectivity index (χ0v) is 14.8. The number of imidazole rings is 1. The average Bonchev–Trinajstić information content (AvgIpc) is 3.23. The van der Waals surface area contributed by atoms with Crippen LogP contribution >= 0.6 is 11.3 Å². The molecule has 0 saturated carbocycles. The van der Waals surface area contributed by atoms with Gasteiger partial charge >= 0.3 is 0 Å². The number of amides is 2. The Hall–Kier alpha value is -2.15. The first-order chi connectivity index (χ1) is 11.5. The van der Waals surface area contributed by atoms with Crippen molar-refractivity contribution >= 4 is 23.2 Å². The van der Waals surface area contributed by atoms with Gasteiger partial charge in [-0.15, -0.1) is 11.3 Å². The molecule has 7 heteroatoms. The van der Waals surface area contributed by atoms with Gasteiger partial charge in [0.05, 0.1) is 16.5 Å². The number of likely N-dealkylation sites (tertiary alicyclic amines) is 1. The first kappa shape index (κ1) is 16.7. The molecule has 0 spiro atoms. The Morgan fingerprint density at radius 2 is 2.21 bits per heavy atom. The molecule has 2 amide bonds. The highest BCUT2D eigenvalue weighted by atomic mass is 32.1. The van der Waals surface area contributed by atoms with Crippen LogP contribution in [0.3, 0.4) is 0 Å². The third-order valence-electron chi connectivity index (χ3n) is 4.39. The highest BCUT2D eigenvalue weighted by Crippen LogP contribution is 2.27. The van der Waals surface area contributed by atoms with Gasteiger partial charge in [0, 0.05) is 36.8 Å². The van der Waals surface area contributed by atoms with Crippen LogP contribution in [-0.4, -0.2) is 39.4 Å². The number of hydrogen-bond donors (Lipinski definition) is 1. The van der Waals surface area contributed by atoms with Crippen LogP contribution in [0.25, 0.3) is 0 Å². The van der Waals surface area contributed by atoms with Crippen molar-refractivity contribution in [1.82, 2.24) is 14.5 Å². The quantitative estimate of drug-likeness (QED) is 0.924. The summed E-state index contributed by atoms with van der Waals surface area (Å²) < 4.78 is 2.20. The molecule has 0 radical (unpaired) electrons. The van der Waals surface area contributed by atoms with E-state index < -0.39 is 5.91 Å². The van der Waals surface area contributed by atoms with Crippen LogP contribution in [0.5, 0.6) is 0 Å². The molecule has 0 aromatic carbocycles. The molecule has 3 heterocycles. The Morgan fingerprint density at radius 3 is 2.88 bits per heavy atom. The standard InChI is InChI=1S/C17H22N4O2S/c1-11(2)16-19-5-7-21(16)13-4-3-6-20(9-13)17(23)14-8-12(10-24-14)15(18)22/h5,7-8,10-11,13H,3-4,6,9H2,1-2H3,(H2,18,22)/t13-/m1/s1. The molecule has 0 unspecified atom stereocenters. The maximum absolute atomic E-state index is 12.7. The van der Waals surface area contributed by atoms with E-state index in [1.807, 2.05) is 17.3 Å². The zero-order valence-electron chi connectivity index (χ0n) is 13.9. The lowest BCUT2D eigenvalue weighted by Gasteiger charge is -2.34. The predicted octanol–water partition coefficient (Wildman–Crippen LogP) is 2.64. The third-order valence-corrected chi connectivity index (χ3v) is 5.31. The molecule has 128 valence electrons. The normalized spacial score (nSPS) is 18.1. The number of hydrogen-bond acceptors (Lipinski definition) is 4. The molecule has 1 atom stereocenters. The summed E-state index contributed by atoms with van der Waals surface area (Å²) >= 11 is 1.28. The number of primary amides is 1. The van der Waals surface area contributed by atoms with E-state index >= 15 is 0 Å². The first-order valence-corrected chi connectivity index (χ1v) is 9.05. The number of nitrogens with zero attached hydrogens (tertiary/aromatic N) is 3. The van der Waals surface area contributed by atoms with Gasteiger partial charge in [-0.05, 0) is 18.9 Å². The highest BCUT2D eigenvalue weighted by Gasteiger charge is 2.28. The topological polar surface area (TPSA) is 81.2 Å². The summed E-state index contributed by atoms with van der Waals surface area (Å²) in [6, 6.07) is 1.84. The molecule has 1 aliphatic heterocycles. The number of carbonyl (C=O) groups is 2. The number of thiophene rings is 1. The largest absolute Gasteiger partial charge is 0.366 e. The summed E-state index contributed by atoms with van der Waals surface area (Å²) in [7, 11) is 0. The molecule has 0 aliphatic carbocycles. The molecule has 1 fully saturated rings. The number of aromatic nitrogens is 2. The summed E-state index contributed by atoms with van der Waals surface area (Å²) in [6.45, 7) is 5.66. The van der Waals surface area contributed by atoms with E-state index in [-0.39, 0.29) is 11.9 Å². The maximum atomic E-state index is 12.7. The lowest BCUT2D eigenvalue weighted by Crippen LogP contribution is -2.40. The predicted molar refractivity (Wildman–Crippen MR) is 93.3 cm³/mol. The summed E-state index contributed by atoms with van der Waals surface area (Å²) in [4.78, 5) is 30.8. The second kappa shape index (κ2) is 6.76. The number of carbonyl (C=O) groups excluding carboxylic acids is 2. The van der Waals surface area contributed by atoms with Crippen LogP contribution in [0, 0.1) is 0 Å². The van der Waals surface area contributed by atoms with Crippen molar-refractivity contribution in [3.05, 3.63) is 40.1 Å². The Bertz CT molecular complexity index is 749. The lowest BCUT2D eigenvalue weighted by atomic mass is 10.0. The van der Waals surface area contributed by atoms with Crippen LogP contribution in [-0.2, 0) is 0 Å². The zero-order chi connectivity index (χ0) is 17.3. The van der Waals surface area contributed by atoms with Crippen LogP contribution in [0.1, 0.15) is 64.5 Å². The molecule has 1 saturated heterocycles. The van der Waals surface area contributed by atoms with Crippen LogP contribution < -0.4 is 5.73 Å². The minimum absolute atomic E-state index is 0.0246. The molecule has 24 heavy (non-hydrogen) atoms. The second-order valence-electron chi connectivity index (χ2n) is 6.46. The monoisotopic (exact) mass is 346 g/mol. The molecule has 3 rings (SSSR count). The highest BCUT2D eigenvalue weighted by molar-refractivity contribution is 7.12. The van der Waals surface area contributed by atoms with Crippen molar-refractivity contribution in [2.24, 2.45) is 5.73 Å². The summed E-state index contributed by atoms with van der Waals surface area (Å²) in [5.41, 5.74) is 5.67. The first-order valence-electron chi connectivity index (χ1n) is 8.17. The molecule has 2 aromatic rings. The summed E-state index contributed by atoms with van der Waals surface area (Å²) in [5, 5.41) is 1.64. The van der Waals surface area contributed by atoms with Crippen molar-refractivity contribution in [2.75, 3.05) is 13.1 Å². The van der Waals surface area contributed by atoms with Gasteiger partial charge in [-0.3, -0.25) is 9.59 Å². The fourth-order valence-corrected chi connectivity index (χ4v) is 4.04. The van der Waals surface area contributed by atoms with Gasteiger partial charge in [-0.2, -0.15) is 0 Å². The second-order valence-corrected chi connectivity index (χ2v) is 7.37. The van der Waals surface area contributed by atoms with Gasteiger partial charge in [-0.25, -0.2) is 4.98 Å². The van der Waals surface area contributed by atoms with E-state index in [4.69, 9.17) is 5.73 Å². The molecular weight excluding hydrogens is 324 g/mol. The summed E-state index contributed by atoms with van der Waals surface area (Å²) in [6.07, 6.45) is 5.83. The van der Waals surface area contributed by atoms with Crippen molar-refractivity contribution < 1.29 is 9.59 Å². The number of rotatable bonds is 4. The number of piperidine rings is 1. The Kier molecular flexibility index (Phi) is 4.71. The molecule has 6 nitrogen and oxygen atoms in total. The van der Waals surface area contributed by atoms with E-state index in [1.54, 1.807) is 11.4 Å². The Balaban J connectivity index is 1.76. The summed E-state index contributed by atoms with van der Waals surface area (Å²) in [5.74, 6) is 0.883. The molecule has 2 N–H and O–H groups in total. The van der Waals surface area contributed by atoms with Gasteiger partial charge in [0.15, 0.2) is 0 Å². The van der Waals surface area contributed by atoms with Gasteiger partial charge in [-0.1, -0.05) is 13.8 Å². The molecule has 2 aromatic heterocycles. The maximum Gasteiger partial charge on any atom is 0.264 e.